The van der Waals surface area contributed by atoms with Gasteiger partial charge in [0.1, 0.15) is 23.1 Å². The Morgan fingerprint density at radius 1 is 1.08 bits per heavy atom. The van der Waals surface area contributed by atoms with Gasteiger partial charge < -0.3 is 9.26 Å². The molecule has 0 spiro atoms. The lowest BCUT2D eigenvalue weighted by molar-refractivity contribution is 0.183. The van der Waals surface area contributed by atoms with Gasteiger partial charge in [-0.3, -0.25) is 0 Å². The quantitative estimate of drug-likeness (QED) is 0.675. The monoisotopic (exact) mass is 325 g/mol. The van der Waals surface area contributed by atoms with Gasteiger partial charge in [-0.2, -0.15) is 4.98 Å². The molecule has 3 aromatic rings. The van der Waals surface area contributed by atoms with Gasteiger partial charge in [0, 0.05) is 5.56 Å². The molecule has 0 aliphatic carbocycles. The van der Waals surface area contributed by atoms with Crippen molar-refractivity contribution >= 4 is 11.1 Å². The van der Waals surface area contributed by atoms with Crippen LogP contribution in [0.2, 0.25) is 0 Å². The molecule has 0 fully saturated rings. The molecule has 5 nitrogen and oxygen atoms in total. The molecule has 2 aromatic heterocycles. The summed E-state index contributed by atoms with van der Waals surface area (Å²) < 4.78 is 11.6. The molecule has 0 saturated heterocycles. The first-order chi connectivity index (χ1) is 11.5. The number of hydrogen-bond donors (Lipinski definition) is 0. The summed E-state index contributed by atoms with van der Waals surface area (Å²) in [6.07, 6.45) is 1.94. The van der Waals surface area contributed by atoms with E-state index >= 15 is 0 Å². The minimum atomic E-state index is 0.108. The topological polar surface area (TPSA) is 61.0 Å². The molecule has 0 amide bonds. The maximum atomic E-state index is 6.02. The van der Waals surface area contributed by atoms with E-state index in [-0.39, 0.29) is 6.10 Å². The Morgan fingerprint density at radius 2 is 1.83 bits per heavy atom. The molecule has 0 aliphatic rings. The molecule has 24 heavy (non-hydrogen) atoms. The average Bonchev–Trinajstić information content (AvgIpc) is 2.96. The van der Waals surface area contributed by atoms with Gasteiger partial charge >= 0.3 is 0 Å². The highest BCUT2D eigenvalue weighted by Crippen LogP contribution is 2.33. The van der Waals surface area contributed by atoms with Gasteiger partial charge in [0.2, 0.25) is 5.58 Å². The Balaban J connectivity index is 2.14. The van der Waals surface area contributed by atoms with Crippen molar-refractivity contribution in [2.45, 2.75) is 53.6 Å². The highest BCUT2D eigenvalue weighted by atomic mass is 16.5. The number of aromatic nitrogens is 3. The van der Waals surface area contributed by atoms with Crippen molar-refractivity contribution in [3.8, 4) is 17.1 Å². The second kappa shape index (κ2) is 6.59. The summed E-state index contributed by atoms with van der Waals surface area (Å²) >= 11 is 0. The van der Waals surface area contributed by atoms with Crippen molar-refractivity contribution in [3.05, 3.63) is 35.2 Å². The number of fused-ring (bicyclic) bond motifs is 1. The first-order valence-corrected chi connectivity index (χ1v) is 8.41. The maximum Gasteiger partial charge on any atom is 0.265 e. The van der Waals surface area contributed by atoms with Crippen LogP contribution in [-0.2, 0) is 0 Å². The standard InChI is InChI=1S/C19H23N3O2/c1-6-14(7-2)23-19-18-17(20-13(5)21-19)16(22-24-18)15-9-8-11(3)10-12(15)4/h8-10,14H,6-7H2,1-5H3. The molecule has 3 rings (SSSR count). The summed E-state index contributed by atoms with van der Waals surface area (Å²) in [5.74, 6) is 1.13. The summed E-state index contributed by atoms with van der Waals surface area (Å²) in [4.78, 5) is 8.96. The van der Waals surface area contributed by atoms with Gasteiger partial charge in [-0.05, 0) is 39.2 Å². The van der Waals surface area contributed by atoms with Crippen LogP contribution >= 0.6 is 0 Å². The molecule has 5 heteroatoms. The van der Waals surface area contributed by atoms with Gasteiger partial charge in [0.25, 0.3) is 5.88 Å². The van der Waals surface area contributed by atoms with E-state index in [0.717, 1.165) is 29.7 Å². The molecule has 0 atom stereocenters. The summed E-state index contributed by atoms with van der Waals surface area (Å²) in [5.41, 5.74) is 5.34. The van der Waals surface area contributed by atoms with Gasteiger partial charge in [0.15, 0.2) is 0 Å². The van der Waals surface area contributed by atoms with E-state index in [2.05, 4.69) is 61.0 Å². The van der Waals surface area contributed by atoms with Gasteiger partial charge in [-0.15, -0.1) is 0 Å². The molecule has 126 valence electrons. The molecule has 1 aromatic carbocycles. The van der Waals surface area contributed by atoms with E-state index in [4.69, 9.17) is 9.26 Å². The van der Waals surface area contributed by atoms with E-state index in [9.17, 15) is 0 Å². The molecule has 0 radical (unpaired) electrons. The zero-order valence-electron chi connectivity index (χ0n) is 14.9. The third kappa shape index (κ3) is 2.98. The Kier molecular flexibility index (Phi) is 4.51. The number of benzene rings is 1. The lowest BCUT2D eigenvalue weighted by Crippen LogP contribution is -2.15. The van der Waals surface area contributed by atoms with Crippen LogP contribution in [0.5, 0.6) is 5.88 Å². The predicted octanol–water partition coefficient (Wildman–Crippen LogP) is 4.78. The maximum absolute atomic E-state index is 6.02. The zero-order valence-corrected chi connectivity index (χ0v) is 14.9. The third-order valence-electron chi connectivity index (χ3n) is 4.22. The lowest BCUT2D eigenvalue weighted by atomic mass is 10.0. The molecule has 0 N–H and O–H groups in total. The van der Waals surface area contributed by atoms with E-state index in [1.165, 1.54) is 5.56 Å². The first-order valence-electron chi connectivity index (χ1n) is 8.41. The van der Waals surface area contributed by atoms with Crippen LogP contribution in [-0.4, -0.2) is 21.2 Å². The van der Waals surface area contributed by atoms with Gasteiger partial charge in [-0.25, -0.2) is 4.98 Å². The van der Waals surface area contributed by atoms with Crippen LogP contribution < -0.4 is 4.74 Å². The minimum absolute atomic E-state index is 0.108. The Hall–Kier alpha value is -2.43. The van der Waals surface area contributed by atoms with Gasteiger partial charge in [-0.1, -0.05) is 42.8 Å². The first kappa shape index (κ1) is 16.4. The molecule has 0 aliphatic heterocycles. The fourth-order valence-corrected chi connectivity index (χ4v) is 2.86. The molecular weight excluding hydrogens is 302 g/mol. The Labute approximate surface area is 142 Å². The van der Waals surface area contributed by atoms with Crippen LogP contribution in [0.25, 0.3) is 22.4 Å². The van der Waals surface area contributed by atoms with Crippen LogP contribution in [0, 0.1) is 20.8 Å². The normalized spacial score (nSPS) is 11.4. The van der Waals surface area contributed by atoms with E-state index < -0.39 is 0 Å². The average molecular weight is 325 g/mol. The van der Waals surface area contributed by atoms with Crippen LogP contribution in [0.3, 0.4) is 0 Å². The number of ether oxygens (including phenoxy) is 1. The van der Waals surface area contributed by atoms with Crippen LogP contribution in [0.4, 0.5) is 0 Å². The molecule has 0 unspecified atom stereocenters. The highest BCUT2D eigenvalue weighted by molar-refractivity contribution is 5.91. The summed E-state index contributed by atoms with van der Waals surface area (Å²) in [6, 6.07) is 6.25. The van der Waals surface area contributed by atoms with Crippen LogP contribution in [0.15, 0.2) is 22.7 Å². The lowest BCUT2D eigenvalue weighted by Gasteiger charge is -2.14. The van der Waals surface area contributed by atoms with Crippen molar-refractivity contribution in [2.75, 3.05) is 0 Å². The van der Waals surface area contributed by atoms with Crippen molar-refractivity contribution in [1.82, 2.24) is 15.1 Å². The number of hydrogen-bond acceptors (Lipinski definition) is 5. The van der Waals surface area contributed by atoms with Crippen molar-refractivity contribution in [2.24, 2.45) is 0 Å². The van der Waals surface area contributed by atoms with Gasteiger partial charge in [0.05, 0.1) is 0 Å². The second-order valence-electron chi connectivity index (χ2n) is 6.16. The molecule has 2 heterocycles. The highest BCUT2D eigenvalue weighted by Gasteiger charge is 2.21. The summed E-state index contributed by atoms with van der Waals surface area (Å²) in [6.45, 7) is 10.2. The predicted molar refractivity (Wildman–Crippen MR) is 94.2 cm³/mol. The van der Waals surface area contributed by atoms with Crippen LogP contribution in [0.1, 0.15) is 43.6 Å². The van der Waals surface area contributed by atoms with Crippen molar-refractivity contribution in [3.63, 3.8) is 0 Å². The number of aryl methyl sites for hydroxylation is 3. The smallest absolute Gasteiger partial charge is 0.265 e. The Bertz CT molecular complexity index is 866. The summed E-state index contributed by atoms with van der Waals surface area (Å²) in [5, 5.41) is 4.26. The van der Waals surface area contributed by atoms with Crippen molar-refractivity contribution in [1.29, 1.82) is 0 Å². The molecule has 0 bridgehead atoms. The number of nitrogens with zero attached hydrogens (tertiary/aromatic N) is 3. The fourth-order valence-electron chi connectivity index (χ4n) is 2.86. The molecular formula is C19H23N3O2. The molecule has 0 saturated carbocycles. The second-order valence-corrected chi connectivity index (χ2v) is 6.16. The zero-order chi connectivity index (χ0) is 17.3. The minimum Gasteiger partial charge on any atom is -0.472 e. The third-order valence-corrected chi connectivity index (χ3v) is 4.22. The fraction of sp³-hybridized carbons (Fsp3) is 0.421. The largest absolute Gasteiger partial charge is 0.472 e. The summed E-state index contributed by atoms with van der Waals surface area (Å²) in [7, 11) is 0. The number of rotatable bonds is 5. The SMILES string of the molecule is CCC(CC)Oc1nc(C)nc2c(-c3ccc(C)cc3C)noc12. The van der Waals surface area contributed by atoms with Crippen molar-refractivity contribution < 1.29 is 9.26 Å². The van der Waals surface area contributed by atoms with E-state index in [0.29, 0.717) is 22.8 Å². The Morgan fingerprint density at radius 3 is 2.50 bits per heavy atom. The van der Waals surface area contributed by atoms with E-state index in [1.54, 1.807) is 0 Å². The van der Waals surface area contributed by atoms with E-state index in [1.807, 2.05) is 6.92 Å².